The number of aromatic nitrogens is 5. The maximum atomic E-state index is 12.0. The SMILES string of the molecule is Cc1c[nH]c(=O)c2nnc(-c3ccc(N/C(=C/Nc4c(Cl)cccc4Cl)C(=N)C(N)=O)cn3)n12. The summed E-state index contributed by atoms with van der Waals surface area (Å²) in [6.07, 6.45) is 4.39. The van der Waals surface area contributed by atoms with Gasteiger partial charge in [0, 0.05) is 18.1 Å². The number of para-hydroxylation sites is 1. The van der Waals surface area contributed by atoms with Gasteiger partial charge in [0.05, 0.1) is 33.3 Å². The number of primary amides is 1. The highest BCUT2D eigenvalue weighted by Crippen LogP contribution is 2.30. The largest absolute Gasteiger partial charge is 0.364 e. The number of pyridine rings is 1. The van der Waals surface area contributed by atoms with E-state index in [1.54, 1.807) is 47.9 Å². The first-order chi connectivity index (χ1) is 16.3. The van der Waals surface area contributed by atoms with E-state index >= 15 is 0 Å². The number of H-pyrrole nitrogens is 1. The average Bonchev–Trinajstić information content (AvgIpc) is 3.27. The lowest BCUT2D eigenvalue weighted by molar-refractivity contribution is -0.112. The topological polar surface area (TPSA) is 167 Å². The normalized spacial score (nSPS) is 11.4. The number of aromatic amines is 1. The van der Waals surface area contributed by atoms with Gasteiger partial charge in [0.2, 0.25) is 5.65 Å². The van der Waals surface area contributed by atoms with Gasteiger partial charge in [-0.2, -0.15) is 0 Å². The maximum absolute atomic E-state index is 12.0. The molecule has 0 unspecified atom stereocenters. The van der Waals surface area contributed by atoms with Gasteiger partial charge in [-0.15, -0.1) is 10.2 Å². The molecule has 34 heavy (non-hydrogen) atoms. The number of rotatable bonds is 7. The van der Waals surface area contributed by atoms with Crippen molar-refractivity contribution in [3.63, 3.8) is 0 Å². The van der Waals surface area contributed by atoms with Gasteiger partial charge in [-0.05, 0) is 31.2 Å². The van der Waals surface area contributed by atoms with Gasteiger partial charge in [0.25, 0.3) is 11.5 Å². The maximum Gasteiger partial charge on any atom is 0.293 e. The first-order valence-electron chi connectivity index (χ1n) is 9.72. The van der Waals surface area contributed by atoms with Crippen molar-refractivity contribution in [3.05, 3.63) is 80.7 Å². The molecule has 1 aromatic carbocycles. The van der Waals surface area contributed by atoms with Crippen molar-refractivity contribution in [1.29, 1.82) is 5.41 Å². The third-order valence-electron chi connectivity index (χ3n) is 4.74. The predicted molar refractivity (Wildman–Crippen MR) is 130 cm³/mol. The molecule has 4 rings (SSSR count). The summed E-state index contributed by atoms with van der Waals surface area (Å²) in [5, 5.41) is 22.6. The van der Waals surface area contributed by atoms with Crippen molar-refractivity contribution in [3.8, 4) is 11.5 Å². The fourth-order valence-electron chi connectivity index (χ4n) is 3.07. The van der Waals surface area contributed by atoms with Crippen molar-refractivity contribution < 1.29 is 4.79 Å². The molecule has 4 aromatic rings. The molecule has 172 valence electrons. The molecule has 3 aromatic heterocycles. The lowest BCUT2D eigenvalue weighted by atomic mass is 10.2. The van der Waals surface area contributed by atoms with E-state index in [1.165, 1.54) is 12.4 Å². The molecule has 6 N–H and O–H groups in total. The lowest BCUT2D eigenvalue weighted by Crippen LogP contribution is -2.27. The van der Waals surface area contributed by atoms with Crippen LogP contribution >= 0.6 is 23.2 Å². The number of anilines is 2. The molecular formula is C21H17Cl2N9O2. The van der Waals surface area contributed by atoms with Crippen LogP contribution in [0.25, 0.3) is 17.2 Å². The molecule has 0 atom stereocenters. The second-order valence-corrected chi connectivity index (χ2v) is 7.85. The highest BCUT2D eigenvalue weighted by atomic mass is 35.5. The Morgan fingerprint density at radius 1 is 1.21 bits per heavy atom. The zero-order valence-corrected chi connectivity index (χ0v) is 19.1. The minimum atomic E-state index is -0.939. The molecule has 1 amide bonds. The molecule has 0 aliphatic carbocycles. The summed E-state index contributed by atoms with van der Waals surface area (Å²) in [4.78, 5) is 30.6. The Morgan fingerprint density at radius 2 is 1.94 bits per heavy atom. The van der Waals surface area contributed by atoms with Crippen molar-refractivity contribution in [2.24, 2.45) is 5.73 Å². The van der Waals surface area contributed by atoms with Gasteiger partial charge < -0.3 is 21.4 Å². The third kappa shape index (κ3) is 4.47. The smallest absolute Gasteiger partial charge is 0.293 e. The first-order valence-corrected chi connectivity index (χ1v) is 10.5. The van der Waals surface area contributed by atoms with Gasteiger partial charge in [0.15, 0.2) is 5.82 Å². The Bertz CT molecular complexity index is 1490. The van der Waals surface area contributed by atoms with Crippen LogP contribution in [0, 0.1) is 12.3 Å². The van der Waals surface area contributed by atoms with Crippen LogP contribution < -0.4 is 21.9 Å². The molecule has 0 radical (unpaired) electrons. The number of carbonyl (C=O) groups excluding carboxylic acids is 1. The number of nitrogens with two attached hydrogens (primary N) is 1. The molecule has 0 aliphatic heterocycles. The van der Waals surface area contributed by atoms with Crippen LogP contribution in [0.2, 0.25) is 10.0 Å². The van der Waals surface area contributed by atoms with Crippen LogP contribution in [0.15, 0.2) is 59.4 Å². The standard InChI is InChI=1S/C21H17Cl2N9O2/c1-10-7-28-21(34)20-31-30-19(32(10)20)14-6-5-11(8-26-14)29-15(16(24)18(25)33)9-27-17-12(22)3-2-4-13(17)23/h2-9,24,27,29H,1H3,(H2,25,33)(H,28,34)/b15-9+,24-16?. The molecular weight excluding hydrogens is 481 g/mol. The molecule has 0 bridgehead atoms. The van der Waals surface area contributed by atoms with Crippen molar-refractivity contribution >= 4 is 51.8 Å². The average molecular weight is 498 g/mol. The Morgan fingerprint density at radius 3 is 2.59 bits per heavy atom. The Kier molecular flexibility index (Phi) is 6.30. The summed E-state index contributed by atoms with van der Waals surface area (Å²) in [7, 11) is 0. The van der Waals surface area contributed by atoms with Crippen LogP contribution in [-0.2, 0) is 4.79 Å². The summed E-state index contributed by atoms with van der Waals surface area (Å²) >= 11 is 12.3. The molecule has 0 saturated carbocycles. The summed E-state index contributed by atoms with van der Waals surface area (Å²) in [5.74, 6) is -0.549. The monoisotopic (exact) mass is 497 g/mol. The molecule has 11 nitrogen and oxygen atoms in total. The van der Waals surface area contributed by atoms with E-state index in [2.05, 4.69) is 30.8 Å². The van der Waals surface area contributed by atoms with E-state index in [0.717, 1.165) is 5.69 Å². The molecule has 0 fully saturated rings. The van der Waals surface area contributed by atoms with E-state index in [9.17, 15) is 9.59 Å². The van der Waals surface area contributed by atoms with Gasteiger partial charge in [-0.1, -0.05) is 29.3 Å². The van der Waals surface area contributed by atoms with Crippen LogP contribution in [0.4, 0.5) is 11.4 Å². The Hall–Kier alpha value is -4.22. The predicted octanol–water partition coefficient (Wildman–Crippen LogP) is 2.97. The summed E-state index contributed by atoms with van der Waals surface area (Å²) in [5.41, 5.74) is 6.72. The number of hydrogen-bond donors (Lipinski definition) is 5. The number of nitrogens with zero attached hydrogens (tertiary/aromatic N) is 4. The van der Waals surface area contributed by atoms with Gasteiger partial charge >= 0.3 is 0 Å². The third-order valence-corrected chi connectivity index (χ3v) is 5.37. The molecule has 0 saturated heterocycles. The number of carbonyl (C=O) groups is 1. The van der Waals surface area contributed by atoms with E-state index in [-0.39, 0.29) is 16.9 Å². The highest BCUT2D eigenvalue weighted by Gasteiger charge is 2.16. The lowest BCUT2D eigenvalue weighted by Gasteiger charge is -2.13. The van der Waals surface area contributed by atoms with Crippen molar-refractivity contribution in [2.75, 3.05) is 10.6 Å². The minimum Gasteiger partial charge on any atom is -0.364 e. The first kappa shape index (κ1) is 23.0. The minimum absolute atomic E-state index is 0.0633. The van der Waals surface area contributed by atoms with E-state index in [1.807, 2.05) is 0 Å². The summed E-state index contributed by atoms with van der Waals surface area (Å²) in [6.45, 7) is 1.80. The fourth-order valence-corrected chi connectivity index (χ4v) is 3.58. The summed E-state index contributed by atoms with van der Waals surface area (Å²) < 4.78 is 1.60. The highest BCUT2D eigenvalue weighted by molar-refractivity contribution is 6.44. The van der Waals surface area contributed by atoms with Gasteiger partial charge in [-0.3, -0.25) is 24.4 Å². The molecule has 0 spiro atoms. The number of fused-ring (bicyclic) bond motifs is 1. The van der Waals surface area contributed by atoms with Crippen molar-refractivity contribution in [2.45, 2.75) is 6.92 Å². The second-order valence-electron chi connectivity index (χ2n) is 7.04. The number of benzene rings is 1. The quantitative estimate of drug-likeness (QED) is 0.244. The zero-order valence-electron chi connectivity index (χ0n) is 17.6. The van der Waals surface area contributed by atoms with E-state index < -0.39 is 11.6 Å². The zero-order chi connectivity index (χ0) is 24.4. The molecule has 0 aliphatic rings. The van der Waals surface area contributed by atoms with E-state index in [0.29, 0.717) is 32.9 Å². The number of nitrogens with one attached hydrogen (secondary N) is 4. The second kappa shape index (κ2) is 9.33. The number of amides is 1. The van der Waals surface area contributed by atoms with Crippen LogP contribution in [0.1, 0.15) is 5.69 Å². The Balaban J connectivity index is 1.63. The van der Waals surface area contributed by atoms with E-state index in [4.69, 9.17) is 34.3 Å². The van der Waals surface area contributed by atoms with Gasteiger partial charge in [0.1, 0.15) is 11.4 Å². The molecule has 13 heteroatoms. The van der Waals surface area contributed by atoms with Crippen LogP contribution in [0.3, 0.4) is 0 Å². The number of hydrogen-bond acceptors (Lipinski definition) is 8. The fraction of sp³-hybridized carbons (Fsp3) is 0.0476. The Labute approximate surface area is 202 Å². The van der Waals surface area contributed by atoms with Crippen molar-refractivity contribution in [1.82, 2.24) is 24.6 Å². The van der Waals surface area contributed by atoms with Gasteiger partial charge in [-0.25, -0.2) is 0 Å². The van der Waals surface area contributed by atoms with Crippen LogP contribution in [0.5, 0.6) is 0 Å². The summed E-state index contributed by atoms with van der Waals surface area (Å²) in [6, 6.07) is 8.29. The molecule has 3 heterocycles. The van der Waals surface area contributed by atoms with Crippen LogP contribution in [-0.4, -0.2) is 36.2 Å². The number of halogens is 2. The number of aryl methyl sites for hydroxylation is 1.